The first-order valence-corrected chi connectivity index (χ1v) is 8.26. The molecule has 0 fully saturated rings. The van der Waals surface area contributed by atoms with Gasteiger partial charge in [0.25, 0.3) is 5.56 Å². The Balaban J connectivity index is 1.66. The van der Waals surface area contributed by atoms with Crippen molar-refractivity contribution in [1.29, 1.82) is 0 Å². The normalized spacial score (nSPS) is 10.3. The number of rotatable bonds is 7. The Morgan fingerprint density at radius 2 is 1.77 bits per heavy atom. The maximum absolute atomic E-state index is 12.3. The standard InChI is InChI=1S/C22H19NO3/c1-17(20-9-7-18(15-24)8-10-20)14-23-12-11-21(13-22(23)25)26-16-19-5-3-2-4-6-19/h2-13,15H,1,14,16H2. The van der Waals surface area contributed by atoms with Gasteiger partial charge in [-0.25, -0.2) is 0 Å². The maximum atomic E-state index is 12.3. The van der Waals surface area contributed by atoms with Crippen LogP contribution in [-0.4, -0.2) is 10.9 Å². The fourth-order valence-corrected chi connectivity index (χ4v) is 2.55. The summed E-state index contributed by atoms with van der Waals surface area (Å²) in [5, 5.41) is 0. The van der Waals surface area contributed by atoms with Crippen molar-refractivity contribution in [3.63, 3.8) is 0 Å². The summed E-state index contributed by atoms with van der Waals surface area (Å²) in [5.74, 6) is 0.538. The van der Waals surface area contributed by atoms with Gasteiger partial charge in [-0.1, -0.05) is 61.2 Å². The van der Waals surface area contributed by atoms with E-state index in [4.69, 9.17) is 4.74 Å². The quantitative estimate of drug-likeness (QED) is 0.609. The molecule has 0 N–H and O–H groups in total. The molecule has 3 rings (SSSR count). The molecule has 0 aliphatic carbocycles. The maximum Gasteiger partial charge on any atom is 0.254 e. The topological polar surface area (TPSA) is 48.3 Å². The minimum absolute atomic E-state index is 0.152. The highest BCUT2D eigenvalue weighted by Gasteiger charge is 2.04. The van der Waals surface area contributed by atoms with E-state index in [0.717, 1.165) is 23.0 Å². The fourth-order valence-electron chi connectivity index (χ4n) is 2.55. The van der Waals surface area contributed by atoms with E-state index >= 15 is 0 Å². The zero-order chi connectivity index (χ0) is 18.4. The van der Waals surface area contributed by atoms with E-state index in [9.17, 15) is 9.59 Å². The second kappa shape index (κ2) is 8.12. The fraction of sp³-hybridized carbons (Fsp3) is 0.0909. The van der Waals surface area contributed by atoms with Crippen LogP contribution in [0.5, 0.6) is 5.75 Å². The van der Waals surface area contributed by atoms with Crippen LogP contribution in [0.25, 0.3) is 5.57 Å². The zero-order valence-electron chi connectivity index (χ0n) is 14.3. The van der Waals surface area contributed by atoms with Crippen molar-refractivity contribution in [2.75, 3.05) is 0 Å². The highest BCUT2D eigenvalue weighted by atomic mass is 16.5. The number of nitrogens with zero attached hydrogens (tertiary/aromatic N) is 1. The third-order valence-electron chi connectivity index (χ3n) is 4.03. The van der Waals surface area contributed by atoms with Crippen LogP contribution in [0.1, 0.15) is 21.5 Å². The van der Waals surface area contributed by atoms with Gasteiger partial charge in [0.2, 0.25) is 0 Å². The van der Waals surface area contributed by atoms with Gasteiger partial charge in [-0.3, -0.25) is 9.59 Å². The second-order valence-corrected chi connectivity index (χ2v) is 5.95. The van der Waals surface area contributed by atoms with Crippen LogP contribution < -0.4 is 10.3 Å². The molecule has 0 spiro atoms. The van der Waals surface area contributed by atoms with E-state index in [1.165, 1.54) is 6.07 Å². The number of allylic oxidation sites excluding steroid dienone is 1. The molecule has 3 aromatic rings. The number of aromatic nitrogens is 1. The SMILES string of the molecule is C=C(Cn1ccc(OCc2ccccc2)cc1=O)c1ccc(C=O)cc1. The van der Waals surface area contributed by atoms with Crippen molar-refractivity contribution in [1.82, 2.24) is 4.57 Å². The van der Waals surface area contributed by atoms with Crippen LogP contribution in [0.2, 0.25) is 0 Å². The molecule has 2 aromatic carbocycles. The lowest BCUT2D eigenvalue weighted by Crippen LogP contribution is -2.19. The van der Waals surface area contributed by atoms with Crippen LogP contribution in [0.4, 0.5) is 0 Å². The van der Waals surface area contributed by atoms with Crippen LogP contribution in [-0.2, 0) is 13.2 Å². The first kappa shape index (κ1) is 17.4. The predicted molar refractivity (Wildman–Crippen MR) is 102 cm³/mol. The Kier molecular flexibility index (Phi) is 5.44. The Morgan fingerprint density at radius 3 is 2.42 bits per heavy atom. The van der Waals surface area contributed by atoms with Gasteiger partial charge >= 0.3 is 0 Å². The van der Waals surface area contributed by atoms with E-state index in [1.54, 1.807) is 29.0 Å². The van der Waals surface area contributed by atoms with Crippen LogP contribution in [0.15, 0.2) is 84.3 Å². The van der Waals surface area contributed by atoms with Gasteiger partial charge in [-0.15, -0.1) is 0 Å². The Bertz CT molecular complexity index is 957. The highest BCUT2D eigenvalue weighted by Crippen LogP contribution is 2.16. The molecule has 0 aliphatic rings. The molecule has 1 aromatic heterocycles. The monoisotopic (exact) mass is 345 g/mol. The molecule has 4 nitrogen and oxygen atoms in total. The summed E-state index contributed by atoms with van der Waals surface area (Å²) in [6.07, 6.45) is 2.50. The van der Waals surface area contributed by atoms with E-state index in [-0.39, 0.29) is 5.56 Å². The molecule has 130 valence electrons. The number of hydrogen-bond donors (Lipinski definition) is 0. The smallest absolute Gasteiger partial charge is 0.254 e. The average molecular weight is 345 g/mol. The van der Waals surface area contributed by atoms with Crippen LogP contribution in [0, 0.1) is 0 Å². The van der Waals surface area contributed by atoms with Gasteiger partial charge in [0.05, 0.1) is 6.54 Å². The van der Waals surface area contributed by atoms with Crippen molar-refractivity contribution in [3.05, 3.63) is 107 Å². The molecule has 1 heterocycles. The van der Waals surface area contributed by atoms with Crippen LogP contribution >= 0.6 is 0 Å². The summed E-state index contributed by atoms with van der Waals surface area (Å²) in [6.45, 7) is 4.83. The molecule has 0 saturated heterocycles. The number of ether oxygens (including phenoxy) is 1. The van der Waals surface area contributed by atoms with E-state index in [1.807, 2.05) is 42.5 Å². The minimum atomic E-state index is -0.152. The summed E-state index contributed by atoms with van der Waals surface area (Å²) in [4.78, 5) is 23.0. The summed E-state index contributed by atoms with van der Waals surface area (Å²) >= 11 is 0. The first-order valence-electron chi connectivity index (χ1n) is 8.26. The lowest BCUT2D eigenvalue weighted by atomic mass is 10.1. The number of carbonyl (C=O) groups excluding carboxylic acids is 1. The lowest BCUT2D eigenvalue weighted by Gasteiger charge is -2.11. The third kappa shape index (κ3) is 4.36. The molecule has 0 atom stereocenters. The number of carbonyl (C=O) groups is 1. The van der Waals surface area contributed by atoms with E-state index in [2.05, 4.69) is 6.58 Å². The van der Waals surface area contributed by atoms with E-state index in [0.29, 0.717) is 24.5 Å². The summed E-state index contributed by atoms with van der Waals surface area (Å²) in [7, 11) is 0. The van der Waals surface area contributed by atoms with Gasteiger partial charge < -0.3 is 9.30 Å². The number of hydrogen-bond acceptors (Lipinski definition) is 3. The molecular formula is C22H19NO3. The molecule has 0 amide bonds. The van der Waals surface area contributed by atoms with E-state index < -0.39 is 0 Å². The third-order valence-corrected chi connectivity index (χ3v) is 4.03. The molecule has 4 heteroatoms. The second-order valence-electron chi connectivity index (χ2n) is 5.95. The zero-order valence-corrected chi connectivity index (χ0v) is 14.3. The molecule has 0 saturated carbocycles. The van der Waals surface area contributed by atoms with Gasteiger partial charge in [0, 0.05) is 17.8 Å². The summed E-state index contributed by atoms with van der Waals surface area (Å²) in [5.41, 5.74) is 3.19. The molecule has 0 aliphatic heterocycles. The first-order chi connectivity index (χ1) is 12.7. The summed E-state index contributed by atoms with van der Waals surface area (Å²) in [6, 6.07) is 20.2. The number of pyridine rings is 1. The Morgan fingerprint density at radius 1 is 1.04 bits per heavy atom. The largest absolute Gasteiger partial charge is 0.489 e. The summed E-state index contributed by atoms with van der Waals surface area (Å²) < 4.78 is 7.25. The van der Waals surface area contributed by atoms with Gasteiger partial charge in [0.15, 0.2) is 0 Å². The molecular weight excluding hydrogens is 326 g/mol. The highest BCUT2D eigenvalue weighted by molar-refractivity contribution is 5.76. The number of benzene rings is 2. The van der Waals surface area contributed by atoms with Gasteiger partial charge in [-0.05, 0) is 22.8 Å². The van der Waals surface area contributed by atoms with Gasteiger partial charge in [0.1, 0.15) is 18.6 Å². The van der Waals surface area contributed by atoms with Crippen molar-refractivity contribution < 1.29 is 9.53 Å². The molecule has 0 radical (unpaired) electrons. The van der Waals surface area contributed by atoms with Gasteiger partial charge in [-0.2, -0.15) is 0 Å². The lowest BCUT2D eigenvalue weighted by molar-refractivity contribution is 0.112. The Labute approximate surface area is 152 Å². The molecule has 0 bridgehead atoms. The van der Waals surface area contributed by atoms with Crippen molar-refractivity contribution in [2.24, 2.45) is 0 Å². The van der Waals surface area contributed by atoms with Crippen molar-refractivity contribution in [3.8, 4) is 5.75 Å². The van der Waals surface area contributed by atoms with Crippen LogP contribution in [0.3, 0.4) is 0 Å². The molecule has 26 heavy (non-hydrogen) atoms. The molecule has 0 unspecified atom stereocenters. The van der Waals surface area contributed by atoms with Crippen molar-refractivity contribution in [2.45, 2.75) is 13.2 Å². The average Bonchev–Trinajstić information content (AvgIpc) is 2.69. The van der Waals surface area contributed by atoms with Crippen molar-refractivity contribution >= 4 is 11.9 Å². The minimum Gasteiger partial charge on any atom is -0.489 e. The Hall–Kier alpha value is -3.40. The number of aldehydes is 1. The predicted octanol–water partition coefficient (Wildman–Crippen LogP) is 3.95.